The van der Waals surface area contributed by atoms with E-state index in [2.05, 4.69) is 10.0 Å². The summed E-state index contributed by atoms with van der Waals surface area (Å²) in [5.41, 5.74) is 1.77. The second-order valence-corrected chi connectivity index (χ2v) is 7.31. The van der Waals surface area contributed by atoms with Gasteiger partial charge in [0.2, 0.25) is 15.9 Å². The Morgan fingerprint density at radius 3 is 2.82 bits per heavy atom. The van der Waals surface area contributed by atoms with Crippen LogP contribution in [0.3, 0.4) is 0 Å². The van der Waals surface area contributed by atoms with Crippen molar-refractivity contribution in [3.05, 3.63) is 23.8 Å². The Morgan fingerprint density at radius 2 is 2.18 bits per heavy atom. The lowest BCUT2D eigenvalue weighted by Gasteiger charge is -2.21. The molecule has 1 saturated heterocycles. The minimum atomic E-state index is -3.44. The zero-order chi connectivity index (χ0) is 15.0. The standard InChI is InChI=1S/C14H19N3O3S.ClH/c1-15-21(19,20)12-2-3-13-10(8-12)5-7-17(13)14(18)11-4-6-16-9-11;/h2-3,8,11,15-16H,4-7,9H2,1H3;1H. The fourth-order valence-electron chi connectivity index (χ4n) is 2.98. The lowest BCUT2D eigenvalue weighted by Crippen LogP contribution is -2.35. The van der Waals surface area contributed by atoms with Gasteiger partial charge in [-0.05, 0) is 50.2 Å². The molecule has 22 heavy (non-hydrogen) atoms. The van der Waals surface area contributed by atoms with E-state index in [0.29, 0.717) is 13.0 Å². The summed E-state index contributed by atoms with van der Waals surface area (Å²) in [5.74, 6) is 0.180. The highest BCUT2D eigenvalue weighted by Gasteiger charge is 2.32. The van der Waals surface area contributed by atoms with Gasteiger partial charge in [0, 0.05) is 18.8 Å². The Bertz CT molecular complexity index is 672. The van der Waals surface area contributed by atoms with Crippen molar-refractivity contribution in [2.75, 3.05) is 31.6 Å². The molecule has 1 fully saturated rings. The fourth-order valence-corrected chi connectivity index (χ4v) is 3.76. The van der Waals surface area contributed by atoms with Crippen LogP contribution in [0.15, 0.2) is 23.1 Å². The molecule has 1 atom stereocenters. The smallest absolute Gasteiger partial charge is 0.240 e. The normalized spacial score (nSPS) is 20.6. The first-order chi connectivity index (χ1) is 10.0. The summed E-state index contributed by atoms with van der Waals surface area (Å²) in [5, 5.41) is 3.20. The maximum Gasteiger partial charge on any atom is 0.240 e. The molecule has 0 aromatic heterocycles. The van der Waals surface area contributed by atoms with Gasteiger partial charge in [-0.1, -0.05) is 0 Å². The van der Waals surface area contributed by atoms with Crippen molar-refractivity contribution in [1.29, 1.82) is 0 Å². The van der Waals surface area contributed by atoms with Crippen molar-refractivity contribution >= 4 is 34.0 Å². The molecule has 2 heterocycles. The van der Waals surface area contributed by atoms with Gasteiger partial charge in [-0.3, -0.25) is 4.79 Å². The van der Waals surface area contributed by atoms with E-state index in [1.165, 1.54) is 7.05 Å². The van der Waals surface area contributed by atoms with E-state index in [1.807, 2.05) is 0 Å². The number of carbonyl (C=O) groups excluding carboxylic acids is 1. The van der Waals surface area contributed by atoms with Gasteiger partial charge in [0.15, 0.2) is 0 Å². The van der Waals surface area contributed by atoms with Crippen molar-refractivity contribution < 1.29 is 13.2 Å². The Balaban J connectivity index is 0.00000176. The first-order valence-corrected chi connectivity index (χ1v) is 8.60. The number of anilines is 1. The molecule has 0 saturated carbocycles. The van der Waals surface area contributed by atoms with Gasteiger partial charge in [0.1, 0.15) is 0 Å². The molecule has 3 rings (SSSR count). The number of hydrogen-bond acceptors (Lipinski definition) is 4. The fraction of sp³-hybridized carbons (Fsp3) is 0.500. The van der Waals surface area contributed by atoms with E-state index in [9.17, 15) is 13.2 Å². The highest BCUT2D eigenvalue weighted by molar-refractivity contribution is 7.89. The van der Waals surface area contributed by atoms with Crippen LogP contribution in [0, 0.1) is 5.92 Å². The largest absolute Gasteiger partial charge is 0.316 e. The molecule has 0 radical (unpaired) electrons. The maximum absolute atomic E-state index is 12.5. The van der Waals surface area contributed by atoms with Crippen LogP contribution in [0.4, 0.5) is 5.69 Å². The van der Waals surface area contributed by atoms with Gasteiger partial charge >= 0.3 is 0 Å². The van der Waals surface area contributed by atoms with Crippen LogP contribution in [0.25, 0.3) is 0 Å². The average molecular weight is 346 g/mol. The second kappa shape index (κ2) is 6.54. The SMILES string of the molecule is CNS(=O)(=O)c1ccc2c(c1)CCN2C(=O)C1CCNC1.Cl. The second-order valence-electron chi connectivity index (χ2n) is 5.43. The summed E-state index contributed by atoms with van der Waals surface area (Å²) in [6.45, 7) is 2.25. The number of benzene rings is 1. The monoisotopic (exact) mass is 345 g/mol. The quantitative estimate of drug-likeness (QED) is 0.837. The molecule has 122 valence electrons. The molecule has 0 spiro atoms. The van der Waals surface area contributed by atoms with Crippen LogP contribution in [0.1, 0.15) is 12.0 Å². The van der Waals surface area contributed by atoms with Crippen LogP contribution >= 0.6 is 12.4 Å². The summed E-state index contributed by atoms with van der Waals surface area (Å²) in [6, 6.07) is 4.97. The third-order valence-electron chi connectivity index (χ3n) is 4.20. The number of halogens is 1. The third-order valence-corrected chi connectivity index (χ3v) is 5.61. The highest BCUT2D eigenvalue weighted by atomic mass is 35.5. The number of nitrogens with one attached hydrogen (secondary N) is 2. The van der Waals surface area contributed by atoms with Crippen molar-refractivity contribution in [3.8, 4) is 0 Å². The zero-order valence-electron chi connectivity index (χ0n) is 12.3. The van der Waals surface area contributed by atoms with Gasteiger partial charge in [-0.2, -0.15) is 0 Å². The van der Waals surface area contributed by atoms with E-state index in [4.69, 9.17) is 0 Å². The zero-order valence-corrected chi connectivity index (χ0v) is 14.0. The van der Waals surface area contributed by atoms with Gasteiger partial charge in [0.05, 0.1) is 10.8 Å². The van der Waals surface area contributed by atoms with Crippen LogP contribution in [-0.4, -0.2) is 41.0 Å². The van der Waals surface area contributed by atoms with Crippen LogP contribution in [-0.2, 0) is 21.2 Å². The van der Waals surface area contributed by atoms with Gasteiger partial charge in [-0.25, -0.2) is 13.1 Å². The molecule has 0 aliphatic carbocycles. The molecule has 8 heteroatoms. The van der Waals surface area contributed by atoms with Crippen LogP contribution in [0.5, 0.6) is 0 Å². The molecule has 2 aliphatic heterocycles. The van der Waals surface area contributed by atoms with Gasteiger partial charge in [0.25, 0.3) is 0 Å². The summed E-state index contributed by atoms with van der Waals surface area (Å²) in [7, 11) is -2.04. The van der Waals surface area contributed by atoms with Gasteiger partial charge in [-0.15, -0.1) is 12.4 Å². The van der Waals surface area contributed by atoms with Gasteiger partial charge < -0.3 is 10.2 Å². The number of hydrogen-bond donors (Lipinski definition) is 2. The van der Waals surface area contributed by atoms with Crippen LogP contribution in [0.2, 0.25) is 0 Å². The number of nitrogens with zero attached hydrogens (tertiary/aromatic N) is 1. The average Bonchev–Trinajstić information content (AvgIpc) is 3.15. The van der Waals surface area contributed by atoms with E-state index in [-0.39, 0.29) is 29.1 Å². The Labute approximate surface area is 136 Å². The number of carbonyl (C=O) groups is 1. The van der Waals surface area contributed by atoms with Crippen LogP contribution < -0.4 is 14.9 Å². The topological polar surface area (TPSA) is 78.5 Å². The lowest BCUT2D eigenvalue weighted by molar-refractivity contribution is -0.121. The molecular weight excluding hydrogens is 326 g/mol. The molecule has 0 bridgehead atoms. The molecule has 1 amide bonds. The van der Waals surface area contributed by atoms with Crippen molar-refractivity contribution in [2.45, 2.75) is 17.7 Å². The Hall–Kier alpha value is -1.15. The molecule has 2 aliphatic rings. The van der Waals surface area contributed by atoms with E-state index in [0.717, 1.165) is 30.8 Å². The summed E-state index contributed by atoms with van der Waals surface area (Å²) >= 11 is 0. The van der Waals surface area contributed by atoms with E-state index in [1.54, 1.807) is 23.1 Å². The minimum absolute atomic E-state index is 0. The predicted molar refractivity (Wildman–Crippen MR) is 87.0 cm³/mol. The Morgan fingerprint density at radius 1 is 1.41 bits per heavy atom. The van der Waals surface area contributed by atoms with Crippen molar-refractivity contribution in [3.63, 3.8) is 0 Å². The number of sulfonamides is 1. The maximum atomic E-state index is 12.5. The summed E-state index contributed by atoms with van der Waals surface area (Å²) in [6.07, 6.45) is 1.57. The van der Waals surface area contributed by atoms with E-state index < -0.39 is 10.0 Å². The molecule has 1 unspecified atom stereocenters. The molecule has 6 nitrogen and oxygen atoms in total. The molecule has 1 aromatic rings. The van der Waals surface area contributed by atoms with Crippen molar-refractivity contribution in [2.24, 2.45) is 5.92 Å². The number of fused-ring (bicyclic) bond motifs is 1. The predicted octanol–water partition coefficient (Wildman–Crippen LogP) is 0.515. The first kappa shape index (κ1) is 17.2. The summed E-state index contributed by atoms with van der Waals surface area (Å²) in [4.78, 5) is 14.5. The molecular formula is C14H20ClN3O3S. The number of rotatable bonds is 3. The van der Waals surface area contributed by atoms with E-state index >= 15 is 0 Å². The number of amides is 1. The molecule has 2 N–H and O–H groups in total. The molecule has 1 aromatic carbocycles. The van der Waals surface area contributed by atoms with Crippen molar-refractivity contribution in [1.82, 2.24) is 10.0 Å². The first-order valence-electron chi connectivity index (χ1n) is 7.11. The summed E-state index contributed by atoms with van der Waals surface area (Å²) < 4.78 is 26.0. The highest BCUT2D eigenvalue weighted by Crippen LogP contribution is 2.31. The lowest BCUT2D eigenvalue weighted by atomic mass is 10.1. The third kappa shape index (κ3) is 2.99. The Kier molecular flexibility index (Phi) is 5.11. The minimum Gasteiger partial charge on any atom is -0.316 e.